The van der Waals surface area contributed by atoms with Crippen molar-refractivity contribution in [1.29, 1.82) is 0 Å². The van der Waals surface area contributed by atoms with Crippen LogP contribution in [0.2, 0.25) is 0 Å². The fraction of sp³-hybridized carbons (Fsp3) is 0.545. The molecule has 1 rings (SSSR count). The Balaban J connectivity index is 2.72. The first-order valence-corrected chi connectivity index (χ1v) is 6.72. The molecule has 1 aromatic rings. The van der Waals surface area contributed by atoms with Gasteiger partial charge in [-0.15, -0.1) is 11.3 Å². The first kappa shape index (κ1) is 13.7. The Morgan fingerprint density at radius 2 is 2.25 bits per heavy atom. The third-order valence-electron chi connectivity index (χ3n) is 2.21. The Labute approximate surface area is 109 Å². The summed E-state index contributed by atoms with van der Waals surface area (Å²) in [7, 11) is 3.94. The lowest BCUT2D eigenvalue weighted by Gasteiger charge is -2.22. The van der Waals surface area contributed by atoms with Gasteiger partial charge < -0.3 is 9.64 Å². The topological polar surface area (TPSA) is 29.5 Å². The third-order valence-corrected chi connectivity index (χ3v) is 3.94. The minimum atomic E-state index is -0.147. The molecule has 1 atom stereocenters. The van der Waals surface area contributed by atoms with E-state index < -0.39 is 0 Å². The van der Waals surface area contributed by atoms with Crippen LogP contribution in [0.1, 0.15) is 24.3 Å². The molecule has 0 N–H and O–H groups in total. The first-order chi connectivity index (χ1) is 7.54. The lowest BCUT2D eigenvalue weighted by molar-refractivity contribution is -0.144. The number of hydrogen-bond acceptors (Lipinski definition) is 4. The minimum absolute atomic E-state index is 0.0929. The molecule has 90 valence electrons. The van der Waals surface area contributed by atoms with Gasteiger partial charge in [0.05, 0.1) is 22.9 Å². The molecule has 0 aliphatic heterocycles. The standard InChI is InChI=1S/C11H16BrNO2S/c1-4-15-11(14)7-8(13(2)3)9-5-6-10(12)16-9/h5-6,8H,4,7H2,1-3H3. The third kappa shape index (κ3) is 3.88. The molecule has 0 aromatic carbocycles. The van der Waals surface area contributed by atoms with E-state index in [9.17, 15) is 4.79 Å². The summed E-state index contributed by atoms with van der Waals surface area (Å²) in [4.78, 5) is 14.7. The van der Waals surface area contributed by atoms with Crippen LogP contribution in [-0.2, 0) is 9.53 Å². The molecule has 0 saturated heterocycles. The number of carbonyl (C=O) groups excluding carboxylic acids is 1. The lowest BCUT2D eigenvalue weighted by Crippen LogP contribution is -2.23. The Morgan fingerprint density at radius 1 is 1.56 bits per heavy atom. The van der Waals surface area contributed by atoms with Gasteiger partial charge >= 0.3 is 5.97 Å². The van der Waals surface area contributed by atoms with E-state index in [-0.39, 0.29) is 12.0 Å². The van der Waals surface area contributed by atoms with Crippen molar-refractivity contribution in [2.24, 2.45) is 0 Å². The molecular formula is C11H16BrNO2S. The Morgan fingerprint density at radius 3 is 2.69 bits per heavy atom. The summed E-state index contributed by atoms with van der Waals surface area (Å²) in [6.45, 7) is 2.26. The molecule has 0 aliphatic rings. The molecule has 0 saturated carbocycles. The van der Waals surface area contributed by atoms with Crippen LogP contribution in [0.5, 0.6) is 0 Å². The highest BCUT2D eigenvalue weighted by Crippen LogP contribution is 2.31. The van der Waals surface area contributed by atoms with Gasteiger partial charge in [-0.1, -0.05) is 0 Å². The van der Waals surface area contributed by atoms with Crippen LogP contribution in [0, 0.1) is 0 Å². The molecule has 1 heterocycles. The highest BCUT2D eigenvalue weighted by molar-refractivity contribution is 9.11. The van der Waals surface area contributed by atoms with Crippen LogP contribution < -0.4 is 0 Å². The van der Waals surface area contributed by atoms with Gasteiger partial charge in [-0.3, -0.25) is 4.79 Å². The predicted molar refractivity (Wildman–Crippen MR) is 69.7 cm³/mol. The van der Waals surface area contributed by atoms with E-state index in [1.165, 1.54) is 4.88 Å². The number of thiophene rings is 1. The Kier molecular flexibility index (Phi) is 5.44. The smallest absolute Gasteiger partial charge is 0.307 e. The van der Waals surface area contributed by atoms with Gasteiger partial charge in [0.2, 0.25) is 0 Å². The highest BCUT2D eigenvalue weighted by Gasteiger charge is 2.20. The molecule has 5 heteroatoms. The SMILES string of the molecule is CCOC(=O)CC(c1ccc(Br)s1)N(C)C. The Bertz CT molecular complexity index is 352. The zero-order chi connectivity index (χ0) is 12.1. The first-order valence-electron chi connectivity index (χ1n) is 5.12. The molecule has 1 unspecified atom stereocenters. The van der Waals surface area contributed by atoms with E-state index >= 15 is 0 Å². The van der Waals surface area contributed by atoms with Crippen LogP contribution in [0.15, 0.2) is 15.9 Å². The number of carbonyl (C=O) groups is 1. The van der Waals surface area contributed by atoms with Gasteiger partial charge in [0, 0.05) is 4.88 Å². The molecule has 0 radical (unpaired) electrons. The van der Waals surface area contributed by atoms with Gasteiger partial charge in [-0.05, 0) is 49.1 Å². The molecule has 1 aromatic heterocycles. The van der Waals surface area contributed by atoms with Crippen molar-refractivity contribution in [3.63, 3.8) is 0 Å². The average Bonchev–Trinajstić information content (AvgIpc) is 2.61. The highest BCUT2D eigenvalue weighted by atomic mass is 79.9. The van der Waals surface area contributed by atoms with Crippen LogP contribution in [0.4, 0.5) is 0 Å². The van der Waals surface area contributed by atoms with Crippen LogP contribution in [-0.4, -0.2) is 31.6 Å². The quantitative estimate of drug-likeness (QED) is 0.783. The number of hydrogen-bond donors (Lipinski definition) is 0. The van der Waals surface area contributed by atoms with Crippen molar-refractivity contribution in [3.05, 3.63) is 20.8 Å². The van der Waals surface area contributed by atoms with Crippen molar-refractivity contribution < 1.29 is 9.53 Å². The Hall–Kier alpha value is -0.390. The van der Waals surface area contributed by atoms with Gasteiger partial charge in [0.1, 0.15) is 0 Å². The summed E-state index contributed by atoms with van der Waals surface area (Å²) in [5, 5.41) is 0. The fourth-order valence-electron chi connectivity index (χ4n) is 1.42. The van der Waals surface area contributed by atoms with Crippen LogP contribution in [0.25, 0.3) is 0 Å². The van der Waals surface area contributed by atoms with Crippen LogP contribution in [0.3, 0.4) is 0 Å². The summed E-state index contributed by atoms with van der Waals surface area (Å²) in [6, 6.07) is 4.13. The number of nitrogens with zero attached hydrogens (tertiary/aromatic N) is 1. The maximum Gasteiger partial charge on any atom is 0.307 e. The summed E-state index contributed by atoms with van der Waals surface area (Å²) in [6.07, 6.45) is 0.397. The number of ether oxygens (including phenoxy) is 1. The van der Waals surface area contributed by atoms with E-state index in [0.29, 0.717) is 13.0 Å². The normalized spacial score (nSPS) is 12.8. The fourth-order valence-corrected chi connectivity index (χ4v) is 3.04. The summed E-state index contributed by atoms with van der Waals surface area (Å²) in [5.74, 6) is -0.147. The van der Waals surface area contributed by atoms with Crippen molar-refractivity contribution >= 4 is 33.2 Å². The zero-order valence-corrected chi connectivity index (χ0v) is 12.1. The molecule has 16 heavy (non-hydrogen) atoms. The van der Waals surface area contributed by atoms with Crippen molar-refractivity contribution in [2.75, 3.05) is 20.7 Å². The average molecular weight is 306 g/mol. The van der Waals surface area contributed by atoms with Crippen LogP contribution >= 0.6 is 27.3 Å². The van der Waals surface area contributed by atoms with Crippen molar-refractivity contribution in [2.45, 2.75) is 19.4 Å². The second-order valence-corrected chi connectivity index (χ2v) is 6.13. The molecule has 0 aliphatic carbocycles. The maximum atomic E-state index is 11.5. The van der Waals surface area contributed by atoms with E-state index in [4.69, 9.17) is 4.74 Å². The molecular weight excluding hydrogens is 290 g/mol. The molecule has 0 amide bonds. The predicted octanol–water partition coefficient (Wildman–Crippen LogP) is 3.07. The number of rotatable bonds is 5. The van der Waals surface area contributed by atoms with E-state index in [0.717, 1.165) is 3.79 Å². The van der Waals surface area contributed by atoms with E-state index in [1.54, 1.807) is 11.3 Å². The van der Waals surface area contributed by atoms with Gasteiger partial charge in [0.25, 0.3) is 0 Å². The van der Waals surface area contributed by atoms with Crippen molar-refractivity contribution in [1.82, 2.24) is 4.90 Å². The molecule has 3 nitrogen and oxygen atoms in total. The lowest BCUT2D eigenvalue weighted by atomic mass is 10.1. The van der Waals surface area contributed by atoms with E-state index in [2.05, 4.69) is 15.9 Å². The maximum absolute atomic E-state index is 11.5. The summed E-state index contributed by atoms with van der Waals surface area (Å²) >= 11 is 5.08. The van der Waals surface area contributed by atoms with Gasteiger partial charge in [-0.2, -0.15) is 0 Å². The van der Waals surface area contributed by atoms with E-state index in [1.807, 2.05) is 38.1 Å². The zero-order valence-electron chi connectivity index (χ0n) is 9.70. The molecule has 0 fully saturated rings. The molecule has 0 bridgehead atoms. The number of esters is 1. The largest absolute Gasteiger partial charge is 0.466 e. The molecule has 0 spiro atoms. The monoisotopic (exact) mass is 305 g/mol. The van der Waals surface area contributed by atoms with Gasteiger partial charge in [0.15, 0.2) is 0 Å². The van der Waals surface area contributed by atoms with Gasteiger partial charge in [-0.25, -0.2) is 0 Å². The number of halogens is 1. The minimum Gasteiger partial charge on any atom is -0.466 e. The summed E-state index contributed by atoms with van der Waals surface area (Å²) in [5.41, 5.74) is 0. The second kappa shape index (κ2) is 6.37. The van der Waals surface area contributed by atoms with Crippen molar-refractivity contribution in [3.8, 4) is 0 Å². The summed E-state index contributed by atoms with van der Waals surface area (Å²) < 4.78 is 6.06. The second-order valence-electron chi connectivity index (χ2n) is 3.63.